The summed E-state index contributed by atoms with van der Waals surface area (Å²) in [6, 6.07) is 1.62. The predicted molar refractivity (Wildman–Crippen MR) is 76.8 cm³/mol. The fourth-order valence-electron chi connectivity index (χ4n) is 2.19. The first-order chi connectivity index (χ1) is 8.20. The molecule has 100 valence electrons. The minimum Gasteiger partial charge on any atom is -0.364 e. The normalized spacial score (nSPS) is 16.0. The quantitative estimate of drug-likeness (QED) is 0.835. The predicted octanol–water partition coefficient (Wildman–Crippen LogP) is 2.73. The van der Waals surface area contributed by atoms with Crippen molar-refractivity contribution in [2.24, 2.45) is 0 Å². The molecular weight excluding hydrogens is 224 g/mol. The molecule has 1 aliphatic rings. The Morgan fingerprint density at radius 2 is 2.33 bits per heavy atom. The average molecular weight is 248 g/mol. The summed E-state index contributed by atoms with van der Waals surface area (Å²) in [5, 5.41) is 0. The van der Waals surface area contributed by atoms with Crippen molar-refractivity contribution in [3.8, 4) is 0 Å². The number of pyridine rings is 1. The van der Waals surface area contributed by atoms with Crippen molar-refractivity contribution in [3.05, 3.63) is 45.4 Å². The number of aromatic amines is 1. The van der Waals surface area contributed by atoms with E-state index in [-0.39, 0.29) is 12.9 Å². The molecule has 0 amide bonds. The number of hydrogen-bond acceptors (Lipinski definition) is 2. The molecule has 0 spiro atoms. The van der Waals surface area contributed by atoms with Crippen LogP contribution < -0.4 is 5.43 Å². The number of aromatic nitrogens is 1. The summed E-state index contributed by atoms with van der Waals surface area (Å²) in [4.78, 5) is 17.3. The molecule has 0 saturated heterocycles. The third kappa shape index (κ3) is 3.33. The van der Waals surface area contributed by atoms with Gasteiger partial charge in [-0.25, -0.2) is 0 Å². The van der Waals surface area contributed by atoms with Gasteiger partial charge < -0.3 is 4.98 Å². The zero-order chi connectivity index (χ0) is 12.3. The zero-order valence-corrected chi connectivity index (χ0v) is 10.6. The van der Waals surface area contributed by atoms with Gasteiger partial charge in [0.05, 0.1) is 0 Å². The molecule has 3 nitrogen and oxygen atoms in total. The number of hydrogen-bond donors (Lipinski definition) is 1. The second-order valence-electron chi connectivity index (χ2n) is 4.71. The molecule has 1 aromatic rings. The number of nitrogens with one attached hydrogen (secondary N) is 1. The lowest BCUT2D eigenvalue weighted by Crippen LogP contribution is -2.35. The Kier molecular flexibility index (Phi) is 5.35. The summed E-state index contributed by atoms with van der Waals surface area (Å²) >= 11 is 0. The largest absolute Gasteiger partial charge is 0.364 e. The molecule has 1 N–H and O–H groups in total. The lowest BCUT2D eigenvalue weighted by Gasteiger charge is -2.27. The van der Waals surface area contributed by atoms with Crippen LogP contribution in [0.25, 0.3) is 0 Å². The monoisotopic (exact) mass is 248 g/mol. The fourth-order valence-corrected chi connectivity index (χ4v) is 2.19. The Bertz CT molecular complexity index is 474. The van der Waals surface area contributed by atoms with Crippen molar-refractivity contribution in [2.75, 3.05) is 13.1 Å². The van der Waals surface area contributed by atoms with Gasteiger partial charge in [-0.15, -0.1) is 0 Å². The summed E-state index contributed by atoms with van der Waals surface area (Å²) in [5.74, 6) is 0. The van der Waals surface area contributed by atoms with E-state index in [0.29, 0.717) is 0 Å². The van der Waals surface area contributed by atoms with Crippen molar-refractivity contribution in [2.45, 2.75) is 40.7 Å². The van der Waals surface area contributed by atoms with Gasteiger partial charge in [-0.05, 0) is 20.3 Å². The molecule has 1 aliphatic heterocycles. The van der Waals surface area contributed by atoms with Crippen LogP contribution in [0.15, 0.2) is 28.7 Å². The third-order valence-electron chi connectivity index (χ3n) is 3.53. The van der Waals surface area contributed by atoms with Gasteiger partial charge in [0, 0.05) is 49.6 Å². The van der Waals surface area contributed by atoms with Gasteiger partial charge in [0.25, 0.3) is 0 Å². The van der Waals surface area contributed by atoms with E-state index in [4.69, 9.17) is 0 Å². The average Bonchev–Trinajstić information content (AvgIpc) is 2.36. The smallest absolute Gasteiger partial charge is 0.186 e. The first-order valence-electron chi connectivity index (χ1n) is 6.24. The Morgan fingerprint density at radius 1 is 1.56 bits per heavy atom. The molecule has 0 saturated carbocycles. The Labute approximate surface area is 110 Å². The van der Waals surface area contributed by atoms with Gasteiger partial charge in [0.15, 0.2) is 5.43 Å². The molecule has 2 heterocycles. The molecule has 0 radical (unpaired) electrons. The maximum absolute atomic E-state index is 11.7. The van der Waals surface area contributed by atoms with Crippen LogP contribution in [0.5, 0.6) is 0 Å². The van der Waals surface area contributed by atoms with E-state index in [0.717, 1.165) is 43.7 Å². The second-order valence-corrected chi connectivity index (χ2v) is 4.71. The molecule has 0 unspecified atom stereocenters. The van der Waals surface area contributed by atoms with E-state index >= 15 is 0 Å². The maximum Gasteiger partial charge on any atom is 0.186 e. The highest BCUT2D eigenvalue weighted by atomic mass is 16.1. The van der Waals surface area contributed by atoms with Crippen LogP contribution in [0.3, 0.4) is 0 Å². The van der Waals surface area contributed by atoms with E-state index < -0.39 is 0 Å². The lowest BCUT2D eigenvalue weighted by molar-refractivity contribution is 0.254. The minimum absolute atomic E-state index is 0. The lowest BCUT2D eigenvalue weighted by atomic mass is 10.0. The second kappa shape index (κ2) is 6.55. The van der Waals surface area contributed by atoms with Crippen molar-refractivity contribution in [1.29, 1.82) is 0 Å². The van der Waals surface area contributed by atoms with Crippen molar-refractivity contribution in [3.63, 3.8) is 0 Å². The molecular formula is C15H24N2O. The van der Waals surface area contributed by atoms with Gasteiger partial charge in [0.2, 0.25) is 0 Å². The van der Waals surface area contributed by atoms with E-state index in [1.165, 1.54) is 5.57 Å². The Morgan fingerprint density at radius 3 is 3.06 bits per heavy atom. The number of fused-ring (bicyclic) bond motifs is 1. The summed E-state index contributed by atoms with van der Waals surface area (Å²) < 4.78 is 0. The van der Waals surface area contributed by atoms with Gasteiger partial charge in [-0.3, -0.25) is 9.69 Å². The van der Waals surface area contributed by atoms with Crippen LogP contribution in [0.2, 0.25) is 0 Å². The molecule has 1 aromatic heterocycles. The molecule has 3 heteroatoms. The van der Waals surface area contributed by atoms with Crippen LogP contribution in [-0.2, 0) is 13.0 Å². The first kappa shape index (κ1) is 14.7. The van der Waals surface area contributed by atoms with Gasteiger partial charge >= 0.3 is 0 Å². The number of H-pyrrole nitrogens is 1. The highest BCUT2D eigenvalue weighted by Gasteiger charge is 2.18. The highest BCUT2D eigenvalue weighted by molar-refractivity contribution is 5.22. The Balaban J connectivity index is 0.00000162. The van der Waals surface area contributed by atoms with Crippen LogP contribution in [-0.4, -0.2) is 23.0 Å². The summed E-state index contributed by atoms with van der Waals surface area (Å²) in [5.41, 5.74) is 3.66. The van der Waals surface area contributed by atoms with Crippen molar-refractivity contribution >= 4 is 0 Å². The molecule has 18 heavy (non-hydrogen) atoms. The van der Waals surface area contributed by atoms with Crippen LogP contribution >= 0.6 is 0 Å². The van der Waals surface area contributed by atoms with E-state index in [1.54, 1.807) is 12.3 Å². The van der Waals surface area contributed by atoms with Crippen LogP contribution in [0.4, 0.5) is 0 Å². The van der Waals surface area contributed by atoms with Crippen molar-refractivity contribution < 1.29 is 0 Å². The summed E-state index contributed by atoms with van der Waals surface area (Å²) in [6.07, 6.45) is 5.96. The number of nitrogens with zero attached hydrogens (tertiary/aromatic N) is 1. The van der Waals surface area contributed by atoms with Crippen LogP contribution in [0, 0.1) is 0 Å². The van der Waals surface area contributed by atoms with Gasteiger partial charge in [0.1, 0.15) is 0 Å². The molecule has 0 aromatic carbocycles. The number of allylic oxidation sites excluding steroid dienone is 1. The highest BCUT2D eigenvalue weighted by Crippen LogP contribution is 2.14. The van der Waals surface area contributed by atoms with E-state index in [1.807, 2.05) is 0 Å². The Hall–Kier alpha value is -1.35. The van der Waals surface area contributed by atoms with Gasteiger partial charge in [-0.1, -0.05) is 19.1 Å². The fraction of sp³-hybridized carbons (Fsp3) is 0.533. The van der Waals surface area contributed by atoms with E-state index in [2.05, 4.69) is 29.8 Å². The molecule has 0 atom stereocenters. The maximum atomic E-state index is 11.7. The third-order valence-corrected chi connectivity index (χ3v) is 3.53. The molecule has 2 rings (SSSR count). The van der Waals surface area contributed by atoms with Crippen molar-refractivity contribution in [1.82, 2.24) is 9.88 Å². The van der Waals surface area contributed by atoms with E-state index in [9.17, 15) is 4.79 Å². The molecule has 0 aliphatic carbocycles. The first-order valence-corrected chi connectivity index (χ1v) is 6.24. The SMILES string of the molecule is C.C/C=C(\C)CCN1CCc2[nH]ccc(=O)c2C1. The standard InChI is InChI=1S/C14H20N2O.CH4/c1-3-11(2)5-8-16-9-6-13-12(10-16)14(17)4-7-15-13;/h3-4,7H,5-6,8-10H2,1-2H3,(H,15,17);1H4/b11-3+;. The topological polar surface area (TPSA) is 36.1 Å². The zero-order valence-electron chi connectivity index (χ0n) is 10.6. The summed E-state index contributed by atoms with van der Waals surface area (Å²) in [6.45, 7) is 7.12. The van der Waals surface area contributed by atoms with Crippen LogP contribution in [0.1, 0.15) is 39.0 Å². The summed E-state index contributed by atoms with van der Waals surface area (Å²) in [7, 11) is 0. The molecule has 0 fully saturated rings. The minimum atomic E-state index is 0. The number of rotatable bonds is 3. The molecule has 0 bridgehead atoms. The van der Waals surface area contributed by atoms with Gasteiger partial charge in [-0.2, -0.15) is 0 Å².